The Hall–Kier alpha value is -3.27. The van der Waals surface area contributed by atoms with E-state index in [1.165, 1.54) is 18.2 Å². The maximum atomic E-state index is 12.0. The number of ether oxygens (including phenoxy) is 1. The zero-order valence-corrected chi connectivity index (χ0v) is 15.0. The molecule has 1 aromatic carbocycles. The lowest BCUT2D eigenvalue weighted by atomic mass is 10.2. The molecule has 132 valence electrons. The van der Waals surface area contributed by atoms with E-state index in [2.05, 4.69) is 36.4 Å². The summed E-state index contributed by atoms with van der Waals surface area (Å²) < 4.78 is 6.74. The number of anilines is 1. The highest BCUT2D eigenvalue weighted by Gasteiger charge is 2.17. The number of esters is 1. The van der Waals surface area contributed by atoms with Gasteiger partial charge in [-0.25, -0.2) is 9.78 Å². The second-order valence-corrected chi connectivity index (χ2v) is 5.79. The van der Waals surface area contributed by atoms with Crippen molar-refractivity contribution in [1.29, 1.82) is 0 Å². The molecule has 0 saturated heterocycles. The van der Waals surface area contributed by atoms with E-state index in [1.807, 2.05) is 0 Å². The van der Waals surface area contributed by atoms with Crippen LogP contribution in [0.25, 0.3) is 11.5 Å². The van der Waals surface area contributed by atoms with Gasteiger partial charge in [-0.2, -0.15) is 0 Å². The fraction of sp³-hybridized carbons (Fsp3) is 0.0625. The van der Waals surface area contributed by atoms with Crippen LogP contribution in [-0.4, -0.2) is 39.4 Å². The van der Waals surface area contributed by atoms with E-state index in [9.17, 15) is 9.59 Å². The molecule has 0 aliphatic carbocycles. The first-order valence-corrected chi connectivity index (χ1v) is 8.05. The van der Waals surface area contributed by atoms with E-state index >= 15 is 0 Å². The number of rotatable bonds is 6. The van der Waals surface area contributed by atoms with Crippen LogP contribution in [0.1, 0.15) is 10.4 Å². The topological polar surface area (TPSA) is 108 Å². The maximum absolute atomic E-state index is 12.0. The van der Waals surface area contributed by atoms with Gasteiger partial charge in [0.25, 0.3) is 0 Å². The van der Waals surface area contributed by atoms with Crippen molar-refractivity contribution < 1.29 is 19.2 Å². The third kappa shape index (κ3) is 3.70. The molecule has 0 unspecified atom stereocenters. The molecule has 1 N–H and O–H groups in total. The predicted octanol–water partition coefficient (Wildman–Crippen LogP) is 2.30. The van der Waals surface area contributed by atoms with Gasteiger partial charge in [0.2, 0.25) is 12.2 Å². The fourth-order valence-corrected chi connectivity index (χ4v) is 2.48. The third-order valence-corrected chi connectivity index (χ3v) is 3.74. The van der Waals surface area contributed by atoms with E-state index in [0.29, 0.717) is 28.2 Å². The average molecular weight is 418 g/mol. The summed E-state index contributed by atoms with van der Waals surface area (Å²) in [6, 6.07) is 9.92. The molecule has 3 rings (SSSR count). The first-order chi connectivity index (χ1) is 12.6. The smallest absolute Gasteiger partial charge is 0.341 e. The van der Waals surface area contributed by atoms with Crippen LogP contribution in [0, 0.1) is 0 Å². The summed E-state index contributed by atoms with van der Waals surface area (Å²) in [7, 11) is 1.28. The van der Waals surface area contributed by atoms with Crippen LogP contribution >= 0.6 is 15.9 Å². The number of nitrogens with zero attached hydrogens (tertiary/aromatic N) is 4. The molecular weight excluding hydrogens is 406 g/mol. The fourth-order valence-electron chi connectivity index (χ4n) is 2.11. The lowest BCUT2D eigenvalue weighted by Gasteiger charge is -2.11. The molecule has 0 saturated carbocycles. The van der Waals surface area contributed by atoms with Crippen LogP contribution in [0.2, 0.25) is 0 Å². The Bertz CT molecular complexity index is 959. The normalized spacial score (nSPS) is 10.2. The molecule has 0 atom stereocenters. The summed E-state index contributed by atoms with van der Waals surface area (Å²) >= 11 is 3.31. The minimum Gasteiger partial charge on any atom is -0.465 e. The molecule has 10 heteroatoms. The summed E-state index contributed by atoms with van der Waals surface area (Å²) in [5.41, 5.74) is 0.650. The zero-order chi connectivity index (χ0) is 18.5. The second-order valence-electron chi connectivity index (χ2n) is 4.87. The highest BCUT2D eigenvalue weighted by Crippen LogP contribution is 2.26. The molecule has 0 radical (unpaired) electrons. The van der Waals surface area contributed by atoms with Crippen molar-refractivity contribution in [3.05, 3.63) is 52.8 Å². The largest absolute Gasteiger partial charge is 0.465 e. The molecule has 26 heavy (non-hydrogen) atoms. The lowest BCUT2D eigenvalue weighted by molar-refractivity contribution is -0.105. The summed E-state index contributed by atoms with van der Waals surface area (Å²) in [6.45, 7) is 0. The first kappa shape index (κ1) is 17.5. The predicted molar refractivity (Wildman–Crippen MR) is 94.4 cm³/mol. The molecule has 3 aromatic rings. The maximum Gasteiger partial charge on any atom is 0.341 e. The molecule has 0 aliphatic heterocycles. The molecule has 2 heterocycles. The van der Waals surface area contributed by atoms with Crippen molar-refractivity contribution in [2.75, 3.05) is 12.4 Å². The number of halogens is 1. The first-order valence-electron chi connectivity index (χ1n) is 7.26. The quantitative estimate of drug-likeness (QED) is 0.483. The van der Waals surface area contributed by atoms with Crippen molar-refractivity contribution >= 4 is 34.1 Å². The number of nitrogens with one attached hydrogen (secondary N) is 1. The van der Waals surface area contributed by atoms with E-state index in [1.54, 1.807) is 36.4 Å². The van der Waals surface area contributed by atoms with Gasteiger partial charge in [0.05, 0.1) is 7.11 Å². The third-order valence-electron chi connectivity index (χ3n) is 3.25. The van der Waals surface area contributed by atoms with Crippen molar-refractivity contribution in [3.8, 4) is 17.3 Å². The monoisotopic (exact) mass is 417 g/mol. The zero-order valence-electron chi connectivity index (χ0n) is 13.4. The number of methoxy groups -OCH3 is 1. The Kier molecular flexibility index (Phi) is 5.23. The molecule has 0 bridgehead atoms. The number of carbonyl (C=O) groups excluding carboxylic acids is 2. The summed E-state index contributed by atoms with van der Waals surface area (Å²) in [5, 5.41) is 10.3. The standard InChI is InChI=1S/C16H12BrN5O4/c1-25-16(24)11-7-10(17)5-6-13(11)26-22-8-19-21-15(22)12-3-2-4-14(20-12)18-9-23/h2-9H,1H3,(H,18,20,23). The molecule has 0 spiro atoms. The van der Waals surface area contributed by atoms with Gasteiger partial charge < -0.3 is 14.9 Å². The number of amides is 1. The van der Waals surface area contributed by atoms with Crippen molar-refractivity contribution in [3.63, 3.8) is 0 Å². The van der Waals surface area contributed by atoms with Gasteiger partial charge in [-0.1, -0.05) is 22.0 Å². The average Bonchev–Trinajstić information content (AvgIpc) is 3.11. The lowest BCUT2D eigenvalue weighted by Crippen LogP contribution is -2.11. The number of hydrogen-bond donors (Lipinski definition) is 1. The Morgan fingerprint density at radius 2 is 2.15 bits per heavy atom. The van der Waals surface area contributed by atoms with E-state index in [-0.39, 0.29) is 11.3 Å². The van der Waals surface area contributed by atoms with Gasteiger partial charge in [-0.15, -0.1) is 14.9 Å². The highest BCUT2D eigenvalue weighted by atomic mass is 79.9. The van der Waals surface area contributed by atoms with Crippen molar-refractivity contribution in [2.24, 2.45) is 0 Å². The minimum absolute atomic E-state index is 0.228. The van der Waals surface area contributed by atoms with E-state index in [4.69, 9.17) is 9.57 Å². The number of aromatic nitrogens is 4. The van der Waals surface area contributed by atoms with Gasteiger partial charge in [0.1, 0.15) is 17.1 Å². The van der Waals surface area contributed by atoms with Crippen LogP contribution in [-0.2, 0) is 9.53 Å². The SMILES string of the molecule is COC(=O)c1cc(Br)ccc1On1cnnc1-c1cccc(NC=O)n1. The van der Waals surface area contributed by atoms with Crippen molar-refractivity contribution in [1.82, 2.24) is 19.9 Å². The van der Waals surface area contributed by atoms with Gasteiger partial charge in [-0.3, -0.25) is 4.79 Å². The second kappa shape index (κ2) is 7.74. The minimum atomic E-state index is -0.550. The van der Waals surface area contributed by atoms with Crippen LogP contribution in [0.5, 0.6) is 5.75 Å². The van der Waals surface area contributed by atoms with Gasteiger partial charge in [-0.05, 0) is 30.3 Å². The van der Waals surface area contributed by atoms with Crippen LogP contribution < -0.4 is 10.2 Å². The van der Waals surface area contributed by atoms with Gasteiger partial charge in [0, 0.05) is 4.47 Å². The van der Waals surface area contributed by atoms with Crippen molar-refractivity contribution in [2.45, 2.75) is 0 Å². The number of pyridine rings is 1. The Balaban J connectivity index is 1.97. The highest BCUT2D eigenvalue weighted by molar-refractivity contribution is 9.10. The van der Waals surface area contributed by atoms with E-state index in [0.717, 1.165) is 0 Å². The van der Waals surface area contributed by atoms with Crippen LogP contribution in [0.4, 0.5) is 5.82 Å². The van der Waals surface area contributed by atoms with Gasteiger partial charge >= 0.3 is 5.97 Å². The number of carbonyl (C=O) groups is 2. The van der Waals surface area contributed by atoms with Crippen LogP contribution in [0.3, 0.4) is 0 Å². The summed E-state index contributed by atoms with van der Waals surface area (Å²) in [4.78, 5) is 32.6. The van der Waals surface area contributed by atoms with Crippen LogP contribution in [0.15, 0.2) is 47.2 Å². The Morgan fingerprint density at radius 3 is 2.92 bits per heavy atom. The Labute approximate surface area is 156 Å². The molecule has 0 aliphatic rings. The Morgan fingerprint density at radius 1 is 1.31 bits per heavy atom. The molecule has 2 aromatic heterocycles. The van der Waals surface area contributed by atoms with E-state index < -0.39 is 5.97 Å². The van der Waals surface area contributed by atoms with Gasteiger partial charge in [0.15, 0.2) is 12.1 Å². The summed E-state index contributed by atoms with van der Waals surface area (Å²) in [6.07, 6.45) is 1.86. The molecular formula is C16H12BrN5O4. The molecule has 9 nitrogen and oxygen atoms in total. The number of hydrogen-bond acceptors (Lipinski definition) is 7. The molecule has 0 fully saturated rings. The molecule has 1 amide bonds. The number of benzene rings is 1. The summed E-state index contributed by atoms with van der Waals surface area (Å²) in [5.74, 6) is 0.346.